The van der Waals surface area contributed by atoms with Crippen molar-refractivity contribution in [2.24, 2.45) is 0 Å². The first-order valence-electron chi connectivity index (χ1n) is 9.60. The third-order valence-corrected chi connectivity index (χ3v) is 7.62. The molecule has 156 valence electrons. The average molecular weight is 434 g/mol. The Bertz CT molecular complexity index is 1130. The summed E-state index contributed by atoms with van der Waals surface area (Å²) in [6.07, 6.45) is 0. The van der Waals surface area contributed by atoms with Gasteiger partial charge in [0.25, 0.3) is 10.0 Å². The molecule has 6 nitrogen and oxygen atoms in total. The largest absolute Gasteiger partial charge is 0.372 e. The van der Waals surface area contributed by atoms with Crippen molar-refractivity contribution < 1.29 is 12.9 Å². The Morgan fingerprint density at radius 2 is 1.76 bits per heavy atom. The molecule has 0 aliphatic heterocycles. The maximum absolute atomic E-state index is 13.3. The van der Waals surface area contributed by atoms with E-state index in [2.05, 4.69) is 28.6 Å². The molecular weight excluding hydrogens is 406 g/mol. The number of nitrogens with one attached hydrogen (secondary N) is 1. The normalized spacial score (nSPS) is 11.7. The number of hydrogen-bond donors (Lipinski definition) is 1. The molecule has 29 heavy (non-hydrogen) atoms. The number of anilines is 2. The molecular formula is C21H27N3O3S2. The van der Waals surface area contributed by atoms with Crippen LogP contribution in [-0.2, 0) is 10.0 Å². The second-order valence-corrected chi connectivity index (χ2v) is 10.1. The van der Waals surface area contributed by atoms with Crippen LogP contribution in [0.3, 0.4) is 0 Å². The average Bonchev–Trinajstić information content (AvgIpc) is 3.20. The van der Waals surface area contributed by atoms with Crippen LogP contribution in [-0.4, -0.2) is 26.7 Å². The monoisotopic (exact) mass is 433 g/mol. The highest BCUT2D eigenvalue weighted by molar-refractivity contribution is 7.93. The Hall–Kier alpha value is -2.32. The van der Waals surface area contributed by atoms with E-state index >= 15 is 0 Å². The Morgan fingerprint density at radius 3 is 2.31 bits per heavy atom. The molecule has 0 saturated heterocycles. The molecule has 2 aromatic heterocycles. The summed E-state index contributed by atoms with van der Waals surface area (Å²) in [5.41, 5.74) is 3.82. The lowest BCUT2D eigenvalue weighted by Gasteiger charge is -2.22. The van der Waals surface area contributed by atoms with Gasteiger partial charge in [0.1, 0.15) is 4.90 Å². The zero-order chi connectivity index (χ0) is 21.3. The van der Waals surface area contributed by atoms with E-state index in [0.717, 1.165) is 34.1 Å². The summed E-state index contributed by atoms with van der Waals surface area (Å²) in [5, 5.41) is 3.92. The number of hydrogen-bond acceptors (Lipinski definition) is 6. The lowest BCUT2D eigenvalue weighted by atomic mass is 10.1. The van der Waals surface area contributed by atoms with Crippen LogP contribution in [0.2, 0.25) is 0 Å². The number of nitrogens with zero attached hydrogens (tertiary/aromatic N) is 2. The number of aromatic nitrogens is 1. The van der Waals surface area contributed by atoms with Crippen LogP contribution in [0.25, 0.3) is 11.3 Å². The smallest absolute Gasteiger partial charge is 0.263 e. The Morgan fingerprint density at radius 1 is 1.07 bits per heavy atom. The number of aryl methyl sites for hydroxylation is 4. The van der Waals surface area contributed by atoms with Crippen LogP contribution >= 0.6 is 11.3 Å². The van der Waals surface area contributed by atoms with Gasteiger partial charge < -0.3 is 9.42 Å². The van der Waals surface area contributed by atoms with E-state index in [1.54, 1.807) is 6.07 Å². The van der Waals surface area contributed by atoms with E-state index in [-0.39, 0.29) is 4.90 Å². The maximum Gasteiger partial charge on any atom is 0.263 e. The van der Waals surface area contributed by atoms with Gasteiger partial charge in [0.15, 0.2) is 5.76 Å². The van der Waals surface area contributed by atoms with E-state index in [9.17, 15) is 8.42 Å². The van der Waals surface area contributed by atoms with Gasteiger partial charge in [-0.2, -0.15) is 0 Å². The fourth-order valence-corrected chi connectivity index (χ4v) is 6.50. The quantitative estimate of drug-likeness (QED) is 0.548. The van der Waals surface area contributed by atoms with Crippen LogP contribution in [0.15, 0.2) is 33.7 Å². The highest BCUT2D eigenvalue weighted by Gasteiger charge is 2.28. The van der Waals surface area contributed by atoms with Gasteiger partial charge in [0.2, 0.25) is 0 Å². The van der Waals surface area contributed by atoms with Crippen LogP contribution in [0, 0.1) is 27.7 Å². The summed E-state index contributed by atoms with van der Waals surface area (Å²) < 4.78 is 34.8. The summed E-state index contributed by atoms with van der Waals surface area (Å²) in [5.74, 6) is 0.471. The van der Waals surface area contributed by atoms with Crippen molar-refractivity contribution in [3.8, 4) is 11.3 Å². The minimum atomic E-state index is -3.80. The Labute approximate surface area is 176 Å². The molecule has 3 rings (SSSR count). The van der Waals surface area contributed by atoms with Gasteiger partial charge in [-0.3, -0.25) is 4.72 Å². The third kappa shape index (κ3) is 4.18. The fourth-order valence-electron chi connectivity index (χ4n) is 3.50. The van der Waals surface area contributed by atoms with E-state index in [1.165, 1.54) is 11.3 Å². The molecule has 0 fully saturated rings. The van der Waals surface area contributed by atoms with Gasteiger partial charge in [-0.25, -0.2) is 8.42 Å². The molecule has 0 unspecified atom stereocenters. The first kappa shape index (κ1) is 21.4. The van der Waals surface area contributed by atoms with Crippen molar-refractivity contribution >= 4 is 32.7 Å². The second kappa shape index (κ2) is 8.20. The van der Waals surface area contributed by atoms with Gasteiger partial charge in [0.05, 0.1) is 16.9 Å². The van der Waals surface area contributed by atoms with E-state index in [0.29, 0.717) is 22.7 Å². The van der Waals surface area contributed by atoms with Crippen LogP contribution in [0.5, 0.6) is 0 Å². The second-order valence-electron chi connectivity index (χ2n) is 7.03. The van der Waals surface area contributed by atoms with Crippen molar-refractivity contribution in [3.05, 3.63) is 45.3 Å². The van der Waals surface area contributed by atoms with E-state index in [4.69, 9.17) is 4.52 Å². The van der Waals surface area contributed by atoms with Crippen LogP contribution < -0.4 is 9.62 Å². The topological polar surface area (TPSA) is 75.4 Å². The first-order valence-corrected chi connectivity index (χ1v) is 11.9. The van der Waals surface area contributed by atoms with E-state index < -0.39 is 10.0 Å². The van der Waals surface area contributed by atoms with Crippen molar-refractivity contribution in [2.75, 3.05) is 22.7 Å². The molecule has 1 N–H and O–H groups in total. The number of rotatable bonds is 7. The number of thiophene rings is 1. The number of benzene rings is 1. The molecule has 0 saturated carbocycles. The SMILES string of the molecule is CCN(CC)c1ccc(NS(=O)(=O)c2c(C)sc(C)c2-c2cc(C)no2)c(C)c1. The summed E-state index contributed by atoms with van der Waals surface area (Å²) in [7, 11) is -3.80. The van der Waals surface area contributed by atoms with Crippen molar-refractivity contribution in [1.82, 2.24) is 5.16 Å². The van der Waals surface area contributed by atoms with Gasteiger partial charge in [-0.1, -0.05) is 5.16 Å². The molecule has 0 aliphatic rings. The highest BCUT2D eigenvalue weighted by Crippen LogP contribution is 2.40. The van der Waals surface area contributed by atoms with Crippen molar-refractivity contribution in [2.45, 2.75) is 46.4 Å². The van der Waals surface area contributed by atoms with Gasteiger partial charge in [-0.05, 0) is 65.3 Å². The zero-order valence-electron chi connectivity index (χ0n) is 17.7. The van der Waals surface area contributed by atoms with E-state index in [1.807, 2.05) is 45.9 Å². The molecule has 0 bridgehead atoms. The molecule has 0 aliphatic carbocycles. The summed E-state index contributed by atoms with van der Waals surface area (Å²) in [4.78, 5) is 4.08. The number of sulfonamides is 1. The highest BCUT2D eigenvalue weighted by atomic mass is 32.2. The van der Waals surface area contributed by atoms with Crippen LogP contribution in [0.1, 0.15) is 34.9 Å². The molecule has 8 heteroatoms. The van der Waals surface area contributed by atoms with Crippen molar-refractivity contribution in [3.63, 3.8) is 0 Å². The Kier molecular flexibility index (Phi) is 6.05. The molecule has 3 aromatic rings. The molecule has 0 amide bonds. The summed E-state index contributed by atoms with van der Waals surface area (Å²) >= 11 is 1.44. The molecule has 0 spiro atoms. The van der Waals surface area contributed by atoms with Crippen LogP contribution in [0.4, 0.5) is 11.4 Å². The Balaban J connectivity index is 2.01. The zero-order valence-corrected chi connectivity index (χ0v) is 19.3. The molecule has 0 radical (unpaired) electrons. The third-order valence-electron chi connectivity index (χ3n) is 4.93. The molecule has 2 heterocycles. The predicted molar refractivity (Wildman–Crippen MR) is 120 cm³/mol. The summed E-state index contributed by atoms with van der Waals surface area (Å²) in [6, 6.07) is 7.55. The first-order chi connectivity index (χ1) is 13.7. The summed E-state index contributed by atoms with van der Waals surface area (Å²) in [6.45, 7) is 13.4. The van der Waals surface area contributed by atoms with Gasteiger partial charge in [-0.15, -0.1) is 11.3 Å². The lowest BCUT2D eigenvalue weighted by molar-refractivity contribution is 0.426. The van der Waals surface area contributed by atoms with Gasteiger partial charge in [0, 0.05) is 34.6 Å². The fraction of sp³-hybridized carbons (Fsp3) is 0.381. The van der Waals surface area contributed by atoms with Crippen molar-refractivity contribution in [1.29, 1.82) is 0 Å². The minimum Gasteiger partial charge on any atom is -0.372 e. The van der Waals surface area contributed by atoms with Gasteiger partial charge >= 0.3 is 0 Å². The molecule has 1 aromatic carbocycles. The standard InChI is InChI=1S/C21H27N3O3S2/c1-7-24(8-2)17-9-10-18(13(3)11-17)23-29(25,26)21-16(6)28-15(5)20(21)19-12-14(4)22-27-19/h9-12,23H,7-8H2,1-6H3. The lowest BCUT2D eigenvalue weighted by Crippen LogP contribution is -2.22. The molecule has 0 atom stereocenters. The minimum absolute atomic E-state index is 0.253. The maximum atomic E-state index is 13.3. The predicted octanol–water partition coefficient (Wildman–Crippen LogP) is 5.28.